The largest absolute Gasteiger partial charge is 0.497 e. The number of aliphatic hydroxyl groups excluding tert-OH is 1. The van der Waals surface area contributed by atoms with Crippen molar-refractivity contribution >= 4 is 11.6 Å². The first-order valence-electron chi connectivity index (χ1n) is 8.64. The standard InChI is InChI=1S/C19H22N4O4/c1-4-13(24)9-20-18(25)15-10-23-11-16(22(2)19(26)17(23)21-15)12-5-7-14(27-3)8-6-12/h5-8,10-11,13,24H,4,9H2,1-3H3,(H,20,25)/t13-/m1/s1. The number of amides is 1. The van der Waals surface area contributed by atoms with Gasteiger partial charge in [0.05, 0.1) is 18.9 Å². The zero-order valence-electron chi connectivity index (χ0n) is 15.5. The molecule has 2 N–H and O–H groups in total. The van der Waals surface area contributed by atoms with Gasteiger partial charge in [-0.25, -0.2) is 4.98 Å². The number of aliphatic hydroxyl groups is 1. The summed E-state index contributed by atoms with van der Waals surface area (Å²) in [6.07, 6.45) is 3.19. The molecule has 3 rings (SSSR count). The summed E-state index contributed by atoms with van der Waals surface area (Å²) in [6.45, 7) is 1.96. The first-order chi connectivity index (χ1) is 12.9. The fourth-order valence-electron chi connectivity index (χ4n) is 2.71. The minimum Gasteiger partial charge on any atom is -0.497 e. The maximum absolute atomic E-state index is 12.7. The molecule has 1 aromatic carbocycles. The quantitative estimate of drug-likeness (QED) is 0.680. The van der Waals surface area contributed by atoms with Crippen LogP contribution in [0, 0.1) is 0 Å². The van der Waals surface area contributed by atoms with Gasteiger partial charge in [-0.15, -0.1) is 0 Å². The van der Waals surface area contributed by atoms with Crippen LogP contribution in [-0.4, -0.2) is 44.7 Å². The van der Waals surface area contributed by atoms with Gasteiger partial charge in [-0.05, 0) is 30.7 Å². The molecule has 0 unspecified atom stereocenters. The van der Waals surface area contributed by atoms with Gasteiger partial charge in [0, 0.05) is 31.5 Å². The summed E-state index contributed by atoms with van der Waals surface area (Å²) < 4.78 is 8.20. The lowest BCUT2D eigenvalue weighted by molar-refractivity contribution is 0.0909. The van der Waals surface area contributed by atoms with Crippen LogP contribution in [0.1, 0.15) is 23.8 Å². The number of carbonyl (C=O) groups excluding carboxylic acids is 1. The van der Waals surface area contributed by atoms with Crippen molar-refractivity contribution < 1.29 is 14.6 Å². The highest BCUT2D eigenvalue weighted by atomic mass is 16.5. The van der Waals surface area contributed by atoms with E-state index in [1.165, 1.54) is 10.8 Å². The number of aromatic nitrogens is 3. The van der Waals surface area contributed by atoms with Crippen molar-refractivity contribution in [2.75, 3.05) is 13.7 Å². The summed E-state index contributed by atoms with van der Waals surface area (Å²) >= 11 is 0. The zero-order chi connectivity index (χ0) is 19.6. The summed E-state index contributed by atoms with van der Waals surface area (Å²) in [4.78, 5) is 29.1. The molecule has 142 valence electrons. The van der Waals surface area contributed by atoms with Gasteiger partial charge in [0.1, 0.15) is 11.4 Å². The van der Waals surface area contributed by atoms with Crippen molar-refractivity contribution in [3.05, 3.63) is 52.7 Å². The Morgan fingerprint density at radius 3 is 2.63 bits per heavy atom. The van der Waals surface area contributed by atoms with E-state index in [-0.39, 0.29) is 23.4 Å². The number of rotatable bonds is 6. The summed E-state index contributed by atoms with van der Waals surface area (Å²) in [7, 11) is 3.25. The molecule has 1 amide bonds. The second kappa shape index (κ2) is 7.63. The van der Waals surface area contributed by atoms with Crippen molar-refractivity contribution in [2.45, 2.75) is 19.4 Å². The van der Waals surface area contributed by atoms with E-state index in [1.54, 1.807) is 24.8 Å². The SMILES string of the molecule is CC[C@@H](O)CNC(=O)c1cn2cc(-c3ccc(OC)cc3)n(C)c(=O)c2n1. The number of methoxy groups -OCH3 is 1. The molecule has 2 aromatic heterocycles. The monoisotopic (exact) mass is 370 g/mol. The smallest absolute Gasteiger partial charge is 0.294 e. The van der Waals surface area contributed by atoms with E-state index in [0.29, 0.717) is 12.1 Å². The minimum atomic E-state index is -0.611. The zero-order valence-corrected chi connectivity index (χ0v) is 15.5. The fourth-order valence-corrected chi connectivity index (χ4v) is 2.71. The Morgan fingerprint density at radius 1 is 1.30 bits per heavy atom. The molecule has 0 radical (unpaired) electrons. The molecule has 8 heteroatoms. The maximum Gasteiger partial charge on any atom is 0.294 e. The van der Waals surface area contributed by atoms with Gasteiger partial charge in [0.15, 0.2) is 0 Å². The number of ether oxygens (including phenoxy) is 1. The fraction of sp³-hybridized carbons (Fsp3) is 0.316. The number of nitrogens with one attached hydrogen (secondary N) is 1. The molecule has 0 spiro atoms. The van der Waals surface area contributed by atoms with E-state index in [2.05, 4.69) is 10.3 Å². The molecule has 27 heavy (non-hydrogen) atoms. The van der Waals surface area contributed by atoms with E-state index in [0.717, 1.165) is 11.3 Å². The molecule has 0 saturated carbocycles. The molecular formula is C19H22N4O4. The number of benzene rings is 1. The van der Waals surface area contributed by atoms with Crippen LogP contribution in [0.3, 0.4) is 0 Å². The van der Waals surface area contributed by atoms with E-state index in [9.17, 15) is 14.7 Å². The highest BCUT2D eigenvalue weighted by Gasteiger charge is 2.16. The predicted molar refractivity (Wildman–Crippen MR) is 101 cm³/mol. The lowest BCUT2D eigenvalue weighted by Crippen LogP contribution is -2.31. The summed E-state index contributed by atoms with van der Waals surface area (Å²) in [6, 6.07) is 7.35. The van der Waals surface area contributed by atoms with Crippen molar-refractivity contribution in [1.82, 2.24) is 19.3 Å². The molecule has 8 nitrogen and oxygen atoms in total. The molecular weight excluding hydrogens is 348 g/mol. The van der Waals surface area contributed by atoms with Gasteiger partial charge in [0.2, 0.25) is 5.65 Å². The Hall–Kier alpha value is -3.13. The normalized spacial score (nSPS) is 12.1. The Bertz CT molecular complexity index is 1020. The minimum absolute atomic E-state index is 0.127. The predicted octanol–water partition coefficient (Wildman–Crippen LogP) is 1.21. The Labute approximate surface area is 156 Å². The molecule has 0 saturated heterocycles. The van der Waals surface area contributed by atoms with Gasteiger partial charge < -0.3 is 19.7 Å². The van der Waals surface area contributed by atoms with Gasteiger partial charge >= 0.3 is 0 Å². The van der Waals surface area contributed by atoms with Crippen LogP contribution in [0.5, 0.6) is 5.75 Å². The van der Waals surface area contributed by atoms with E-state index < -0.39 is 12.0 Å². The van der Waals surface area contributed by atoms with Crippen molar-refractivity contribution in [3.63, 3.8) is 0 Å². The third kappa shape index (κ3) is 3.70. The molecule has 0 aliphatic carbocycles. The van der Waals surface area contributed by atoms with Crippen LogP contribution >= 0.6 is 0 Å². The van der Waals surface area contributed by atoms with E-state index in [4.69, 9.17) is 4.74 Å². The summed E-state index contributed by atoms with van der Waals surface area (Å²) in [5.74, 6) is 0.292. The molecule has 2 heterocycles. The van der Waals surface area contributed by atoms with Crippen LogP contribution in [0.15, 0.2) is 41.5 Å². The Balaban J connectivity index is 1.98. The lowest BCUT2D eigenvalue weighted by atomic mass is 10.1. The van der Waals surface area contributed by atoms with Crippen LogP contribution in [-0.2, 0) is 7.05 Å². The number of imidazole rings is 1. The van der Waals surface area contributed by atoms with Gasteiger partial charge in [-0.2, -0.15) is 0 Å². The topological polar surface area (TPSA) is 97.9 Å². The van der Waals surface area contributed by atoms with Crippen LogP contribution < -0.4 is 15.6 Å². The number of hydrogen-bond donors (Lipinski definition) is 2. The average Bonchev–Trinajstić information content (AvgIpc) is 3.13. The third-order valence-electron chi connectivity index (χ3n) is 4.44. The van der Waals surface area contributed by atoms with E-state index >= 15 is 0 Å². The first-order valence-corrected chi connectivity index (χ1v) is 8.64. The molecule has 0 aliphatic heterocycles. The van der Waals surface area contributed by atoms with Crippen LogP contribution in [0.25, 0.3) is 16.9 Å². The summed E-state index contributed by atoms with van der Waals surface area (Å²) in [5, 5.41) is 12.2. The Kier molecular flexibility index (Phi) is 5.27. The number of fused-ring (bicyclic) bond motifs is 1. The number of hydrogen-bond acceptors (Lipinski definition) is 5. The molecule has 3 aromatic rings. The molecule has 0 aliphatic rings. The molecule has 0 bridgehead atoms. The second-order valence-corrected chi connectivity index (χ2v) is 6.24. The Morgan fingerprint density at radius 2 is 2.00 bits per heavy atom. The third-order valence-corrected chi connectivity index (χ3v) is 4.44. The number of nitrogens with zero attached hydrogens (tertiary/aromatic N) is 3. The van der Waals surface area contributed by atoms with Crippen molar-refractivity contribution in [3.8, 4) is 17.0 Å². The summed E-state index contributed by atoms with van der Waals surface area (Å²) in [5.41, 5.74) is 1.50. The average molecular weight is 370 g/mol. The van der Waals surface area contributed by atoms with Crippen LogP contribution in [0.2, 0.25) is 0 Å². The van der Waals surface area contributed by atoms with Gasteiger partial charge in [0.25, 0.3) is 11.5 Å². The van der Waals surface area contributed by atoms with Crippen LogP contribution in [0.4, 0.5) is 0 Å². The highest BCUT2D eigenvalue weighted by molar-refractivity contribution is 5.92. The van der Waals surface area contributed by atoms with Gasteiger partial charge in [-0.3, -0.25) is 14.0 Å². The van der Waals surface area contributed by atoms with Gasteiger partial charge in [-0.1, -0.05) is 6.92 Å². The lowest BCUT2D eigenvalue weighted by Gasteiger charge is -2.09. The second-order valence-electron chi connectivity index (χ2n) is 6.24. The van der Waals surface area contributed by atoms with E-state index in [1.807, 2.05) is 31.2 Å². The maximum atomic E-state index is 12.7. The molecule has 0 fully saturated rings. The number of carbonyl (C=O) groups is 1. The van der Waals surface area contributed by atoms with Crippen molar-refractivity contribution in [2.24, 2.45) is 7.05 Å². The highest BCUT2D eigenvalue weighted by Crippen LogP contribution is 2.21. The molecule has 1 atom stereocenters. The first kappa shape index (κ1) is 18.7. The van der Waals surface area contributed by atoms with Crippen molar-refractivity contribution in [1.29, 1.82) is 0 Å².